The summed E-state index contributed by atoms with van der Waals surface area (Å²) in [5.74, 6) is 0. The maximum atomic E-state index is 6.16. The highest BCUT2D eigenvalue weighted by molar-refractivity contribution is 6.70. The van der Waals surface area contributed by atoms with Gasteiger partial charge in [-0.15, -0.1) is 0 Å². The van der Waals surface area contributed by atoms with Crippen LogP contribution in [0.4, 0.5) is 0 Å². The van der Waals surface area contributed by atoms with Gasteiger partial charge in [-0.05, 0) is 30.3 Å². The third-order valence-electron chi connectivity index (χ3n) is 2.95. The van der Waals surface area contributed by atoms with Crippen molar-refractivity contribution in [3.8, 4) is 0 Å². The summed E-state index contributed by atoms with van der Waals surface area (Å²) in [6.45, 7) is 5.29. The Balaban J connectivity index is 1.91. The van der Waals surface area contributed by atoms with Crippen molar-refractivity contribution in [1.82, 2.24) is 0 Å². The summed E-state index contributed by atoms with van der Waals surface area (Å²) in [7, 11) is -1.63. The molecule has 0 N–H and O–H groups in total. The molecule has 18 heavy (non-hydrogen) atoms. The van der Waals surface area contributed by atoms with Crippen molar-refractivity contribution in [2.24, 2.45) is 0 Å². The summed E-state index contributed by atoms with van der Waals surface area (Å²) in [4.78, 5) is 0. The molecule has 1 nitrogen and oxygen atoms in total. The highest BCUT2D eigenvalue weighted by atomic mass is 28.4. The summed E-state index contributed by atoms with van der Waals surface area (Å²) in [5, 5.41) is 0. The van der Waals surface area contributed by atoms with Gasteiger partial charge in [0.2, 0.25) is 0 Å². The molecule has 0 aliphatic rings. The topological polar surface area (TPSA) is 9.23 Å². The largest absolute Gasteiger partial charge is 0.413 e. The Morgan fingerprint density at radius 2 is 1.28 bits per heavy atom. The van der Waals surface area contributed by atoms with Gasteiger partial charge in [0.15, 0.2) is 8.32 Å². The fraction of sp³-hybridized carbons (Fsp3) is 0.250. The van der Waals surface area contributed by atoms with Crippen LogP contribution in [0.2, 0.25) is 13.1 Å². The predicted octanol–water partition coefficient (Wildman–Crippen LogP) is 4.19. The molecule has 0 saturated heterocycles. The molecule has 0 atom stereocenters. The molecule has 2 heteroatoms. The van der Waals surface area contributed by atoms with Crippen LogP contribution in [0.15, 0.2) is 60.7 Å². The summed E-state index contributed by atoms with van der Waals surface area (Å²) in [5.41, 5.74) is 2.63. The van der Waals surface area contributed by atoms with E-state index in [0.29, 0.717) is 0 Å². The molecule has 0 amide bonds. The zero-order chi connectivity index (χ0) is 12.8. The van der Waals surface area contributed by atoms with Crippen LogP contribution in [0, 0.1) is 0 Å². The van der Waals surface area contributed by atoms with Crippen LogP contribution >= 0.6 is 0 Å². The molecule has 0 aromatic heterocycles. The minimum atomic E-state index is -1.63. The van der Waals surface area contributed by atoms with Gasteiger partial charge in [-0.25, -0.2) is 0 Å². The standard InChI is InChI=1S/C16H20OSi/c1-18(2,14-16-11-7-4-8-12-16)17-13-15-9-5-3-6-10-15/h3-12H,13-14H2,1-2H3. The minimum absolute atomic E-state index is 0.729. The first kappa shape index (κ1) is 13.1. The third kappa shape index (κ3) is 4.13. The Morgan fingerprint density at radius 1 is 0.778 bits per heavy atom. The van der Waals surface area contributed by atoms with Crippen LogP contribution in [0.5, 0.6) is 0 Å². The summed E-state index contributed by atoms with van der Waals surface area (Å²) in [6, 6.07) is 22.1. The van der Waals surface area contributed by atoms with Crippen molar-refractivity contribution >= 4 is 8.32 Å². The van der Waals surface area contributed by atoms with Gasteiger partial charge in [0.05, 0.1) is 6.61 Å². The molecule has 2 aromatic rings. The van der Waals surface area contributed by atoms with E-state index in [2.05, 4.69) is 67.7 Å². The van der Waals surface area contributed by atoms with E-state index >= 15 is 0 Å². The molecule has 94 valence electrons. The quantitative estimate of drug-likeness (QED) is 0.729. The number of benzene rings is 2. The van der Waals surface area contributed by atoms with Crippen LogP contribution in [0.25, 0.3) is 0 Å². The van der Waals surface area contributed by atoms with Crippen molar-refractivity contribution in [3.63, 3.8) is 0 Å². The van der Waals surface area contributed by atoms with Crippen LogP contribution in [-0.4, -0.2) is 8.32 Å². The van der Waals surface area contributed by atoms with Gasteiger partial charge in [0.25, 0.3) is 0 Å². The van der Waals surface area contributed by atoms with Crippen LogP contribution in [-0.2, 0) is 17.1 Å². The van der Waals surface area contributed by atoms with Gasteiger partial charge in [0, 0.05) is 0 Å². The maximum Gasteiger partial charge on any atom is 0.191 e. The second-order valence-corrected chi connectivity index (χ2v) is 9.36. The van der Waals surface area contributed by atoms with Gasteiger partial charge in [-0.3, -0.25) is 0 Å². The molecule has 0 aliphatic heterocycles. The van der Waals surface area contributed by atoms with Crippen molar-refractivity contribution in [2.45, 2.75) is 25.7 Å². The molecule has 2 aromatic carbocycles. The van der Waals surface area contributed by atoms with E-state index in [1.807, 2.05) is 6.07 Å². The molecule has 0 radical (unpaired) electrons. The fourth-order valence-corrected chi connectivity index (χ4v) is 3.87. The average molecular weight is 256 g/mol. The normalized spacial score (nSPS) is 11.4. The predicted molar refractivity (Wildman–Crippen MR) is 78.9 cm³/mol. The van der Waals surface area contributed by atoms with Crippen molar-refractivity contribution in [3.05, 3.63) is 71.8 Å². The number of hydrogen-bond acceptors (Lipinski definition) is 1. The first-order valence-corrected chi connectivity index (χ1v) is 9.49. The van der Waals surface area contributed by atoms with Crippen molar-refractivity contribution in [1.29, 1.82) is 0 Å². The lowest BCUT2D eigenvalue weighted by Crippen LogP contribution is -2.33. The summed E-state index contributed by atoms with van der Waals surface area (Å²) in [6.07, 6.45) is 0. The van der Waals surface area contributed by atoms with E-state index in [9.17, 15) is 0 Å². The van der Waals surface area contributed by atoms with Gasteiger partial charge in [-0.2, -0.15) is 0 Å². The molecule has 0 bridgehead atoms. The molecule has 0 fully saturated rings. The van der Waals surface area contributed by atoms with E-state index in [1.165, 1.54) is 11.1 Å². The van der Waals surface area contributed by atoms with Gasteiger partial charge in [-0.1, -0.05) is 60.7 Å². The highest BCUT2D eigenvalue weighted by Crippen LogP contribution is 2.15. The summed E-state index contributed by atoms with van der Waals surface area (Å²) >= 11 is 0. The lowest BCUT2D eigenvalue weighted by atomic mass is 10.2. The van der Waals surface area contributed by atoms with Crippen molar-refractivity contribution < 1.29 is 4.43 Å². The Hall–Kier alpha value is -1.38. The second kappa shape index (κ2) is 5.98. The fourth-order valence-electron chi connectivity index (χ4n) is 1.99. The Kier molecular flexibility index (Phi) is 4.34. The van der Waals surface area contributed by atoms with Gasteiger partial charge < -0.3 is 4.43 Å². The van der Waals surface area contributed by atoms with Crippen molar-refractivity contribution in [2.75, 3.05) is 0 Å². The van der Waals surface area contributed by atoms with Crippen LogP contribution in [0.3, 0.4) is 0 Å². The first-order valence-electron chi connectivity index (χ1n) is 6.37. The second-order valence-electron chi connectivity index (χ2n) is 5.20. The number of rotatable bonds is 5. The van der Waals surface area contributed by atoms with Gasteiger partial charge >= 0.3 is 0 Å². The Morgan fingerprint density at radius 3 is 1.83 bits per heavy atom. The molecular formula is C16H20OSi. The Labute approximate surface area is 111 Å². The molecule has 0 aliphatic carbocycles. The SMILES string of the molecule is C[Si](C)(Cc1ccccc1)OCc1ccccc1. The summed E-state index contributed by atoms with van der Waals surface area (Å²) < 4.78 is 6.16. The van der Waals surface area contributed by atoms with Crippen LogP contribution in [0.1, 0.15) is 11.1 Å². The lowest BCUT2D eigenvalue weighted by Gasteiger charge is -2.23. The van der Waals surface area contributed by atoms with E-state index in [-0.39, 0.29) is 0 Å². The minimum Gasteiger partial charge on any atom is -0.413 e. The molecule has 0 saturated carbocycles. The zero-order valence-electron chi connectivity index (χ0n) is 11.1. The monoisotopic (exact) mass is 256 g/mol. The highest BCUT2D eigenvalue weighted by Gasteiger charge is 2.22. The lowest BCUT2D eigenvalue weighted by molar-refractivity contribution is 0.294. The molecule has 0 spiro atoms. The Bertz CT molecular complexity index is 465. The van der Waals surface area contributed by atoms with Crippen LogP contribution < -0.4 is 0 Å². The zero-order valence-corrected chi connectivity index (χ0v) is 12.1. The number of hydrogen-bond donors (Lipinski definition) is 0. The molecular weight excluding hydrogens is 236 g/mol. The van der Waals surface area contributed by atoms with E-state index in [0.717, 1.165) is 12.7 Å². The van der Waals surface area contributed by atoms with Gasteiger partial charge in [0.1, 0.15) is 0 Å². The van der Waals surface area contributed by atoms with E-state index < -0.39 is 8.32 Å². The molecule has 2 rings (SSSR count). The van der Waals surface area contributed by atoms with E-state index in [4.69, 9.17) is 4.43 Å². The first-order chi connectivity index (χ1) is 8.66. The molecule has 0 heterocycles. The average Bonchev–Trinajstić information content (AvgIpc) is 2.38. The smallest absolute Gasteiger partial charge is 0.191 e. The third-order valence-corrected chi connectivity index (χ3v) is 5.13. The maximum absolute atomic E-state index is 6.16. The van der Waals surface area contributed by atoms with E-state index in [1.54, 1.807) is 0 Å². The molecule has 0 unspecified atom stereocenters.